The molecule has 1 fully saturated rings. The van der Waals surface area contributed by atoms with Crippen molar-refractivity contribution >= 4 is 23.7 Å². The Morgan fingerprint density at radius 1 is 1.47 bits per heavy atom. The Morgan fingerprint density at radius 3 is 2.82 bits per heavy atom. The van der Waals surface area contributed by atoms with Crippen LogP contribution in [0, 0.1) is 13.8 Å². The SMILES string of the molecule is CNCC1CCCN1Cc1sc(C)nc1C.Cl. The molecule has 0 saturated carbocycles. The van der Waals surface area contributed by atoms with Crippen LogP contribution in [0.25, 0.3) is 0 Å². The van der Waals surface area contributed by atoms with Gasteiger partial charge in [0.25, 0.3) is 0 Å². The maximum Gasteiger partial charge on any atom is 0.0900 e. The number of aromatic nitrogens is 1. The lowest BCUT2D eigenvalue weighted by molar-refractivity contribution is 0.244. The van der Waals surface area contributed by atoms with Gasteiger partial charge in [-0.3, -0.25) is 4.90 Å². The molecule has 0 radical (unpaired) electrons. The zero-order chi connectivity index (χ0) is 11.5. The second-order valence-electron chi connectivity index (χ2n) is 4.57. The van der Waals surface area contributed by atoms with Crippen LogP contribution in [-0.2, 0) is 6.54 Å². The summed E-state index contributed by atoms with van der Waals surface area (Å²) in [6, 6.07) is 0.715. The van der Waals surface area contributed by atoms with E-state index in [1.165, 1.54) is 35.0 Å². The molecule has 0 spiro atoms. The van der Waals surface area contributed by atoms with Gasteiger partial charge in [0, 0.05) is 24.0 Å². The van der Waals surface area contributed by atoms with Crippen LogP contribution in [-0.4, -0.2) is 36.1 Å². The van der Waals surface area contributed by atoms with Gasteiger partial charge in [0.1, 0.15) is 0 Å². The van der Waals surface area contributed by atoms with Crippen molar-refractivity contribution in [2.24, 2.45) is 0 Å². The van der Waals surface area contributed by atoms with E-state index in [9.17, 15) is 0 Å². The van der Waals surface area contributed by atoms with Crippen LogP contribution in [0.5, 0.6) is 0 Å². The molecule has 0 aliphatic carbocycles. The zero-order valence-corrected chi connectivity index (χ0v) is 12.5. The Morgan fingerprint density at radius 2 is 2.24 bits per heavy atom. The van der Waals surface area contributed by atoms with Gasteiger partial charge in [0.05, 0.1) is 10.7 Å². The Labute approximate surface area is 114 Å². The maximum absolute atomic E-state index is 4.50. The summed E-state index contributed by atoms with van der Waals surface area (Å²) in [6.07, 6.45) is 2.67. The molecule has 17 heavy (non-hydrogen) atoms. The van der Waals surface area contributed by atoms with E-state index in [0.717, 1.165) is 13.1 Å². The molecule has 5 heteroatoms. The lowest BCUT2D eigenvalue weighted by atomic mass is 10.2. The summed E-state index contributed by atoms with van der Waals surface area (Å²) in [4.78, 5) is 8.54. The van der Waals surface area contributed by atoms with Crippen molar-refractivity contribution in [3.8, 4) is 0 Å². The van der Waals surface area contributed by atoms with Gasteiger partial charge in [0.15, 0.2) is 0 Å². The first kappa shape index (κ1) is 14.9. The van der Waals surface area contributed by atoms with Crippen molar-refractivity contribution in [2.75, 3.05) is 20.1 Å². The Hall–Kier alpha value is -0.160. The van der Waals surface area contributed by atoms with E-state index >= 15 is 0 Å². The van der Waals surface area contributed by atoms with E-state index in [1.807, 2.05) is 18.4 Å². The van der Waals surface area contributed by atoms with E-state index in [0.29, 0.717) is 6.04 Å². The van der Waals surface area contributed by atoms with Gasteiger partial charge in [-0.15, -0.1) is 23.7 Å². The molecule has 3 nitrogen and oxygen atoms in total. The van der Waals surface area contributed by atoms with Gasteiger partial charge in [-0.05, 0) is 40.3 Å². The minimum atomic E-state index is 0. The number of nitrogens with one attached hydrogen (secondary N) is 1. The second kappa shape index (κ2) is 6.69. The number of hydrogen-bond acceptors (Lipinski definition) is 4. The first-order chi connectivity index (χ1) is 7.70. The predicted molar refractivity (Wildman–Crippen MR) is 76.2 cm³/mol. The molecule has 0 amide bonds. The first-order valence-electron chi connectivity index (χ1n) is 6.02. The molecule has 2 heterocycles. The molecule has 1 aromatic heterocycles. The molecule has 1 N–H and O–H groups in total. The van der Waals surface area contributed by atoms with Crippen LogP contribution < -0.4 is 5.32 Å². The fourth-order valence-corrected chi connectivity index (χ4v) is 3.44. The summed E-state index contributed by atoms with van der Waals surface area (Å²) in [7, 11) is 2.04. The fourth-order valence-electron chi connectivity index (χ4n) is 2.47. The monoisotopic (exact) mass is 275 g/mol. The quantitative estimate of drug-likeness (QED) is 0.914. The Balaban J connectivity index is 0.00000144. The molecule has 1 unspecified atom stereocenters. The van der Waals surface area contributed by atoms with E-state index < -0.39 is 0 Å². The topological polar surface area (TPSA) is 28.2 Å². The molecular weight excluding hydrogens is 254 g/mol. The van der Waals surface area contributed by atoms with Crippen LogP contribution in [0.1, 0.15) is 28.4 Å². The summed E-state index contributed by atoms with van der Waals surface area (Å²) in [5, 5.41) is 4.48. The summed E-state index contributed by atoms with van der Waals surface area (Å²) in [5.41, 5.74) is 1.22. The van der Waals surface area contributed by atoms with Crippen molar-refractivity contribution in [3.63, 3.8) is 0 Å². The lowest BCUT2D eigenvalue weighted by Gasteiger charge is -2.23. The van der Waals surface area contributed by atoms with Crippen LogP contribution in [0.4, 0.5) is 0 Å². The smallest absolute Gasteiger partial charge is 0.0900 e. The summed E-state index contributed by atoms with van der Waals surface area (Å²) >= 11 is 1.85. The minimum absolute atomic E-state index is 0. The molecular formula is C12H22ClN3S. The third-order valence-corrected chi connectivity index (χ3v) is 4.34. The summed E-state index contributed by atoms with van der Waals surface area (Å²) in [5.74, 6) is 0. The number of halogens is 1. The van der Waals surface area contributed by atoms with Gasteiger partial charge >= 0.3 is 0 Å². The number of thiazole rings is 1. The van der Waals surface area contributed by atoms with Gasteiger partial charge in [0.2, 0.25) is 0 Å². The fraction of sp³-hybridized carbons (Fsp3) is 0.750. The number of nitrogens with zero attached hydrogens (tertiary/aromatic N) is 2. The number of aryl methyl sites for hydroxylation is 2. The van der Waals surface area contributed by atoms with Crippen LogP contribution >= 0.6 is 23.7 Å². The molecule has 0 aromatic carbocycles. The van der Waals surface area contributed by atoms with E-state index in [4.69, 9.17) is 0 Å². The van der Waals surface area contributed by atoms with Gasteiger partial charge < -0.3 is 5.32 Å². The Kier molecular flexibility index (Phi) is 5.86. The largest absolute Gasteiger partial charge is 0.318 e. The van der Waals surface area contributed by atoms with Crippen molar-refractivity contribution < 1.29 is 0 Å². The van der Waals surface area contributed by atoms with Crippen molar-refractivity contribution in [3.05, 3.63) is 15.6 Å². The number of hydrogen-bond donors (Lipinski definition) is 1. The average Bonchev–Trinajstić information content (AvgIpc) is 2.77. The second-order valence-corrected chi connectivity index (χ2v) is 5.85. The van der Waals surface area contributed by atoms with E-state index in [1.54, 1.807) is 0 Å². The summed E-state index contributed by atoms with van der Waals surface area (Å²) < 4.78 is 0. The molecule has 1 saturated heterocycles. The normalized spacial score (nSPS) is 20.5. The number of rotatable bonds is 4. The highest BCUT2D eigenvalue weighted by molar-refractivity contribution is 7.11. The predicted octanol–water partition coefficient (Wildman–Crippen LogP) is 2.37. The van der Waals surface area contributed by atoms with Crippen LogP contribution in [0.15, 0.2) is 0 Å². The van der Waals surface area contributed by atoms with E-state index in [-0.39, 0.29) is 12.4 Å². The minimum Gasteiger partial charge on any atom is -0.318 e. The number of likely N-dealkylation sites (tertiary alicyclic amines) is 1. The van der Waals surface area contributed by atoms with Gasteiger partial charge in [-0.1, -0.05) is 0 Å². The zero-order valence-electron chi connectivity index (χ0n) is 10.8. The highest BCUT2D eigenvalue weighted by Gasteiger charge is 2.24. The molecule has 98 valence electrons. The average molecular weight is 276 g/mol. The first-order valence-corrected chi connectivity index (χ1v) is 6.84. The highest BCUT2D eigenvalue weighted by Crippen LogP contribution is 2.24. The third-order valence-electron chi connectivity index (χ3n) is 3.29. The van der Waals surface area contributed by atoms with Crippen molar-refractivity contribution in [1.29, 1.82) is 0 Å². The van der Waals surface area contributed by atoms with E-state index in [2.05, 4.69) is 29.0 Å². The van der Waals surface area contributed by atoms with Crippen molar-refractivity contribution in [1.82, 2.24) is 15.2 Å². The standard InChI is InChI=1S/C12H21N3S.ClH/c1-9-12(16-10(2)14-9)8-15-6-4-5-11(15)7-13-3;/h11,13H,4-8H2,1-3H3;1H. The molecule has 0 bridgehead atoms. The van der Waals surface area contributed by atoms with Crippen LogP contribution in [0.3, 0.4) is 0 Å². The Bertz CT molecular complexity index is 354. The van der Waals surface area contributed by atoms with Gasteiger partial charge in [-0.2, -0.15) is 0 Å². The maximum atomic E-state index is 4.50. The third kappa shape index (κ3) is 3.65. The highest BCUT2D eigenvalue weighted by atomic mass is 35.5. The van der Waals surface area contributed by atoms with Crippen LogP contribution in [0.2, 0.25) is 0 Å². The van der Waals surface area contributed by atoms with Crippen molar-refractivity contribution in [2.45, 2.75) is 39.3 Å². The van der Waals surface area contributed by atoms with Gasteiger partial charge in [-0.25, -0.2) is 4.98 Å². The molecule has 1 aromatic rings. The molecule has 1 aliphatic heterocycles. The lowest BCUT2D eigenvalue weighted by Crippen LogP contribution is -2.36. The number of likely N-dealkylation sites (N-methyl/N-ethyl adjacent to an activating group) is 1. The molecule has 2 rings (SSSR count). The molecule has 1 aliphatic rings. The molecule has 1 atom stereocenters. The summed E-state index contributed by atoms with van der Waals surface area (Å²) in [6.45, 7) is 7.65.